The van der Waals surface area contributed by atoms with Gasteiger partial charge in [0.2, 0.25) is 0 Å². The van der Waals surface area contributed by atoms with Gasteiger partial charge in [-0.05, 0) is 46.2 Å². The molecule has 0 spiro atoms. The standard InChI is InChI=1S/C23H23FN6O2/c24-22-12-19(30-15-20(32-23(30)31)14-29-16-25-26-27-29)6-7-21(22)18-8-10-28(11-9-18)13-17-4-2-1-3-5-17/h1-8,12,16,20H,9-11,13-15H2/t20-/m0/s1. The quantitative estimate of drug-likeness (QED) is 0.593. The van der Waals surface area contributed by atoms with Crippen LogP contribution >= 0.6 is 0 Å². The Labute approximate surface area is 184 Å². The third-order valence-corrected chi connectivity index (χ3v) is 5.81. The molecule has 1 amide bonds. The number of halogens is 1. The summed E-state index contributed by atoms with van der Waals surface area (Å²) in [5.41, 5.74) is 3.35. The van der Waals surface area contributed by atoms with Gasteiger partial charge in [-0.1, -0.05) is 36.4 Å². The number of rotatable bonds is 6. The lowest BCUT2D eigenvalue weighted by Crippen LogP contribution is -2.28. The van der Waals surface area contributed by atoms with Crippen molar-refractivity contribution in [2.75, 3.05) is 24.5 Å². The molecule has 164 valence electrons. The first-order valence-electron chi connectivity index (χ1n) is 10.6. The maximum atomic E-state index is 15.0. The SMILES string of the molecule is O=C1O[C@@H](Cn2cnnn2)CN1c1ccc(C2=CCN(Cc3ccccc3)CC2)c(F)c1. The average Bonchev–Trinajstić information content (AvgIpc) is 3.45. The lowest BCUT2D eigenvalue weighted by atomic mass is 9.98. The van der Waals surface area contributed by atoms with Crippen LogP contribution in [0.5, 0.6) is 0 Å². The number of ether oxygens (including phenoxy) is 1. The van der Waals surface area contributed by atoms with Gasteiger partial charge in [0.15, 0.2) is 0 Å². The van der Waals surface area contributed by atoms with Gasteiger partial charge in [0.05, 0.1) is 18.8 Å². The fourth-order valence-corrected chi connectivity index (χ4v) is 4.17. The Bertz CT molecular complexity index is 1120. The van der Waals surface area contributed by atoms with Crippen LogP contribution in [0.15, 0.2) is 60.9 Å². The smallest absolute Gasteiger partial charge is 0.414 e. The molecular formula is C23H23FN6O2. The predicted octanol–water partition coefficient (Wildman–Crippen LogP) is 3.13. The number of carbonyl (C=O) groups is 1. The minimum atomic E-state index is -0.497. The number of hydrogen-bond acceptors (Lipinski definition) is 6. The normalized spacial score (nSPS) is 19.2. The molecule has 3 heterocycles. The van der Waals surface area contributed by atoms with Crippen LogP contribution in [-0.4, -0.2) is 56.9 Å². The Balaban J connectivity index is 1.24. The zero-order valence-electron chi connectivity index (χ0n) is 17.5. The first kappa shape index (κ1) is 20.3. The average molecular weight is 434 g/mol. The highest BCUT2D eigenvalue weighted by atomic mass is 19.1. The number of benzene rings is 2. The minimum absolute atomic E-state index is 0.314. The first-order valence-corrected chi connectivity index (χ1v) is 10.6. The summed E-state index contributed by atoms with van der Waals surface area (Å²) >= 11 is 0. The minimum Gasteiger partial charge on any atom is -0.442 e. The molecular weight excluding hydrogens is 411 g/mol. The molecule has 1 atom stereocenters. The molecule has 32 heavy (non-hydrogen) atoms. The van der Waals surface area contributed by atoms with Crippen molar-refractivity contribution in [3.63, 3.8) is 0 Å². The van der Waals surface area contributed by atoms with E-state index in [1.165, 1.54) is 27.5 Å². The number of amides is 1. The second-order valence-corrected chi connectivity index (χ2v) is 8.01. The van der Waals surface area contributed by atoms with Gasteiger partial charge in [-0.3, -0.25) is 9.80 Å². The Hall–Kier alpha value is -3.59. The number of carbonyl (C=O) groups excluding carboxylic acids is 1. The largest absolute Gasteiger partial charge is 0.442 e. The van der Waals surface area contributed by atoms with E-state index in [4.69, 9.17) is 4.74 Å². The van der Waals surface area contributed by atoms with E-state index >= 15 is 0 Å². The molecule has 3 aromatic rings. The molecule has 0 saturated carbocycles. The van der Waals surface area contributed by atoms with Gasteiger partial charge in [-0.2, -0.15) is 0 Å². The van der Waals surface area contributed by atoms with Crippen molar-refractivity contribution in [3.05, 3.63) is 77.9 Å². The van der Waals surface area contributed by atoms with Gasteiger partial charge in [0.1, 0.15) is 18.2 Å². The van der Waals surface area contributed by atoms with Gasteiger partial charge in [0, 0.05) is 25.2 Å². The van der Waals surface area contributed by atoms with Crippen LogP contribution < -0.4 is 4.90 Å². The Kier molecular flexibility index (Phi) is 5.64. The van der Waals surface area contributed by atoms with Crippen molar-refractivity contribution in [2.45, 2.75) is 25.6 Å². The molecule has 8 nitrogen and oxygen atoms in total. The molecule has 0 bridgehead atoms. The zero-order valence-corrected chi connectivity index (χ0v) is 17.5. The molecule has 5 rings (SSSR count). The zero-order chi connectivity index (χ0) is 21.9. The van der Waals surface area contributed by atoms with Crippen molar-refractivity contribution in [3.8, 4) is 0 Å². The Morgan fingerprint density at radius 1 is 1.16 bits per heavy atom. The van der Waals surface area contributed by atoms with Crippen LogP contribution in [0.1, 0.15) is 17.5 Å². The second kappa shape index (κ2) is 8.88. The topological polar surface area (TPSA) is 76.4 Å². The van der Waals surface area contributed by atoms with Crippen LogP contribution in [0.3, 0.4) is 0 Å². The maximum Gasteiger partial charge on any atom is 0.414 e. The van der Waals surface area contributed by atoms with E-state index in [-0.39, 0.29) is 5.82 Å². The van der Waals surface area contributed by atoms with Crippen LogP contribution in [0, 0.1) is 5.82 Å². The van der Waals surface area contributed by atoms with Crippen molar-refractivity contribution >= 4 is 17.4 Å². The molecule has 1 aromatic heterocycles. The third kappa shape index (κ3) is 4.38. The molecule has 2 aromatic carbocycles. The van der Waals surface area contributed by atoms with Crippen molar-refractivity contribution in [2.24, 2.45) is 0 Å². The lowest BCUT2D eigenvalue weighted by molar-refractivity contribution is 0.129. The van der Waals surface area contributed by atoms with Gasteiger partial charge in [-0.15, -0.1) is 5.10 Å². The highest BCUT2D eigenvalue weighted by Crippen LogP contribution is 2.30. The maximum absolute atomic E-state index is 15.0. The van der Waals surface area contributed by atoms with Gasteiger partial charge in [-0.25, -0.2) is 13.9 Å². The summed E-state index contributed by atoms with van der Waals surface area (Å²) in [6.45, 7) is 3.20. The highest BCUT2D eigenvalue weighted by Gasteiger charge is 2.33. The van der Waals surface area contributed by atoms with E-state index in [1.807, 2.05) is 18.2 Å². The molecule has 0 N–H and O–H groups in total. The number of anilines is 1. The van der Waals surface area contributed by atoms with Crippen LogP contribution in [0.4, 0.5) is 14.9 Å². The fourth-order valence-electron chi connectivity index (χ4n) is 4.17. The summed E-state index contributed by atoms with van der Waals surface area (Å²) in [7, 11) is 0. The van der Waals surface area contributed by atoms with Gasteiger partial charge in [0.25, 0.3) is 0 Å². The number of hydrogen-bond donors (Lipinski definition) is 0. The third-order valence-electron chi connectivity index (χ3n) is 5.81. The van der Waals surface area contributed by atoms with E-state index in [9.17, 15) is 9.18 Å². The van der Waals surface area contributed by atoms with Crippen molar-refractivity contribution in [1.82, 2.24) is 25.1 Å². The van der Waals surface area contributed by atoms with Gasteiger partial charge < -0.3 is 4.74 Å². The molecule has 2 aliphatic heterocycles. The summed E-state index contributed by atoms with van der Waals surface area (Å²) in [4.78, 5) is 16.1. The van der Waals surface area contributed by atoms with E-state index in [1.54, 1.807) is 12.1 Å². The number of nitrogens with zero attached hydrogens (tertiary/aromatic N) is 6. The summed E-state index contributed by atoms with van der Waals surface area (Å²) < 4.78 is 21.9. The second-order valence-electron chi connectivity index (χ2n) is 8.01. The van der Waals surface area contributed by atoms with E-state index in [0.29, 0.717) is 24.3 Å². The van der Waals surface area contributed by atoms with E-state index < -0.39 is 12.2 Å². The van der Waals surface area contributed by atoms with E-state index in [2.05, 4.69) is 38.6 Å². The molecule has 2 aliphatic rings. The van der Waals surface area contributed by atoms with Crippen molar-refractivity contribution < 1.29 is 13.9 Å². The van der Waals surface area contributed by atoms with Crippen LogP contribution in [-0.2, 0) is 17.8 Å². The summed E-state index contributed by atoms with van der Waals surface area (Å²) in [5.74, 6) is -0.331. The molecule has 1 saturated heterocycles. The Morgan fingerprint density at radius 2 is 2.03 bits per heavy atom. The van der Waals surface area contributed by atoms with E-state index in [0.717, 1.165) is 31.6 Å². The molecule has 0 aliphatic carbocycles. The Morgan fingerprint density at radius 3 is 2.75 bits per heavy atom. The molecule has 9 heteroatoms. The number of aromatic nitrogens is 4. The first-order chi connectivity index (χ1) is 15.7. The fraction of sp³-hybridized carbons (Fsp3) is 0.304. The summed E-state index contributed by atoms with van der Waals surface area (Å²) in [5, 5.41) is 10.9. The number of cyclic esters (lactones) is 1. The van der Waals surface area contributed by atoms with Crippen molar-refractivity contribution in [1.29, 1.82) is 0 Å². The van der Waals surface area contributed by atoms with Gasteiger partial charge >= 0.3 is 6.09 Å². The van der Waals surface area contributed by atoms with Crippen LogP contribution in [0.25, 0.3) is 5.57 Å². The molecule has 1 fully saturated rings. The molecule has 0 unspecified atom stereocenters. The summed E-state index contributed by atoms with van der Waals surface area (Å²) in [6.07, 6.45) is 3.44. The monoisotopic (exact) mass is 434 g/mol. The highest BCUT2D eigenvalue weighted by molar-refractivity contribution is 5.90. The lowest BCUT2D eigenvalue weighted by Gasteiger charge is -2.27. The summed E-state index contributed by atoms with van der Waals surface area (Å²) in [6, 6.07) is 15.3. The predicted molar refractivity (Wildman–Crippen MR) is 116 cm³/mol. The number of tetrazole rings is 1. The van der Waals surface area contributed by atoms with Crippen LogP contribution in [0.2, 0.25) is 0 Å². The molecule has 0 radical (unpaired) electrons.